The lowest BCUT2D eigenvalue weighted by molar-refractivity contribution is -0.136. The molecule has 1 heterocycles. The van der Waals surface area contributed by atoms with Gasteiger partial charge in [-0.05, 0) is 50.8 Å². The topological polar surface area (TPSA) is 59.6 Å². The first kappa shape index (κ1) is 17.2. The summed E-state index contributed by atoms with van der Waals surface area (Å²) < 4.78 is 11.3. The maximum atomic E-state index is 12.8. The Balaban J connectivity index is 1.60. The van der Waals surface area contributed by atoms with Crippen LogP contribution in [0.1, 0.15) is 31.2 Å². The molecule has 5 nitrogen and oxygen atoms in total. The summed E-state index contributed by atoms with van der Waals surface area (Å²) in [7, 11) is 1.66. The molecule has 2 fully saturated rings. The van der Waals surface area contributed by atoms with Gasteiger partial charge in [0.1, 0.15) is 5.75 Å². The van der Waals surface area contributed by atoms with Gasteiger partial charge in [0.25, 0.3) is 0 Å². The zero-order chi connectivity index (χ0) is 16.8. The Labute approximate surface area is 144 Å². The highest BCUT2D eigenvalue weighted by Crippen LogP contribution is 2.31. The SMILES string of the molecule is COCC1(C(=O)NCc2ccccc2OCC2CC2)CCNCC1. The van der Waals surface area contributed by atoms with Crippen molar-refractivity contribution < 1.29 is 14.3 Å². The third-order valence-corrected chi connectivity index (χ3v) is 5.05. The number of nitrogens with one attached hydrogen (secondary N) is 2. The fraction of sp³-hybridized carbons (Fsp3) is 0.632. The Bertz CT molecular complexity index is 546. The molecule has 0 spiro atoms. The van der Waals surface area contributed by atoms with Crippen LogP contribution in [0, 0.1) is 11.3 Å². The third kappa shape index (κ3) is 4.28. The highest BCUT2D eigenvalue weighted by molar-refractivity contribution is 5.83. The standard InChI is InChI=1S/C19H28N2O3/c1-23-14-19(8-10-20-11-9-19)18(22)21-12-16-4-2-3-5-17(16)24-13-15-6-7-15/h2-5,15,20H,6-14H2,1H3,(H,21,22). The van der Waals surface area contributed by atoms with Crippen molar-refractivity contribution in [1.82, 2.24) is 10.6 Å². The predicted molar refractivity (Wildman–Crippen MR) is 92.9 cm³/mol. The van der Waals surface area contributed by atoms with E-state index >= 15 is 0 Å². The van der Waals surface area contributed by atoms with Gasteiger partial charge in [-0.2, -0.15) is 0 Å². The zero-order valence-electron chi connectivity index (χ0n) is 14.5. The van der Waals surface area contributed by atoms with Crippen LogP contribution in [0.25, 0.3) is 0 Å². The molecule has 1 aromatic carbocycles. The minimum Gasteiger partial charge on any atom is -0.493 e. The quantitative estimate of drug-likeness (QED) is 0.765. The van der Waals surface area contributed by atoms with Crippen LogP contribution in [0.15, 0.2) is 24.3 Å². The molecule has 2 aliphatic rings. The van der Waals surface area contributed by atoms with E-state index in [9.17, 15) is 4.79 Å². The van der Waals surface area contributed by atoms with E-state index in [1.54, 1.807) is 7.11 Å². The van der Waals surface area contributed by atoms with E-state index in [4.69, 9.17) is 9.47 Å². The number of ether oxygens (including phenoxy) is 2. The molecule has 1 saturated heterocycles. The molecule has 132 valence electrons. The summed E-state index contributed by atoms with van der Waals surface area (Å²) >= 11 is 0. The Morgan fingerprint density at radius 3 is 2.75 bits per heavy atom. The molecular weight excluding hydrogens is 304 g/mol. The largest absolute Gasteiger partial charge is 0.493 e. The average molecular weight is 332 g/mol. The lowest BCUT2D eigenvalue weighted by Crippen LogP contribution is -2.50. The molecule has 2 N–H and O–H groups in total. The van der Waals surface area contributed by atoms with E-state index in [0.29, 0.717) is 19.1 Å². The van der Waals surface area contributed by atoms with Crippen molar-refractivity contribution >= 4 is 5.91 Å². The van der Waals surface area contributed by atoms with Gasteiger partial charge in [0.15, 0.2) is 0 Å². The predicted octanol–water partition coefficient (Wildman–Crippen LogP) is 2.11. The van der Waals surface area contributed by atoms with Crippen LogP contribution in [0.4, 0.5) is 0 Å². The van der Waals surface area contributed by atoms with E-state index in [1.165, 1.54) is 12.8 Å². The molecule has 3 rings (SSSR count). The number of carbonyl (C=O) groups is 1. The highest BCUT2D eigenvalue weighted by atomic mass is 16.5. The van der Waals surface area contributed by atoms with Crippen molar-refractivity contribution in [2.75, 3.05) is 33.4 Å². The molecule has 5 heteroatoms. The van der Waals surface area contributed by atoms with E-state index < -0.39 is 5.41 Å². The van der Waals surface area contributed by atoms with Gasteiger partial charge in [0.2, 0.25) is 5.91 Å². The average Bonchev–Trinajstić information content (AvgIpc) is 3.44. The number of methoxy groups -OCH3 is 1. The Hall–Kier alpha value is -1.59. The van der Waals surface area contributed by atoms with Gasteiger partial charge in [0, 0.05) is 19.2 Å². The number of rotatable bonds is 8. The van der Waals surface area contributed by atoms with Crippen molar-refractivity contribution in [1.29, 1.82) is 0 Å². The molecule has 0 bridgehead atoms. The smallest absolute Gasteiger partial charge is 0.228 e. The van der Waals surface area contributed by atoms with Crippen LogP contribution >= 0.6 is 0 Å². The first-order valence-corrected chi connectivity index (χ1v) is 8.92. The summed E-state index contributed by atoms with van der Waals surface area (Å²) in [5.41, 5.74) is 0.622. The first-order valence-electron chi connectivity index (χ1n) is 8.92. The summed E-state index contributed by atoms with van der Waals surface area (Å²) in [6.45, 7) is 3.47. The number of hydrogen-bond acceptors (Lipinski definition) is 4. The second-order valence-corrected chi connectivity index (χ2v) is 7.01. The Morgan fingerprint density at radius 1 is 1.29 bits per heavy atom. The van der Waals surface area contributed by atoms with Crippen LogP contribution in [0.5, 0.6) is 5.75 Å². The van der Waals surface area contributed by atoms with Gasteiger partial charge >= 0.3 is 0 Å². The lowest BCUT2D eigenvalue weighted by atomic mass is 9.78. The van der Waals surface area contributed by atoms with Crippen molar-refractivity contribution in [3.05, 3.63) is 29.8 Å². The highest BCUT2D eigenvalue weighted by Gasteiger charge is 2.39. The van der Waals surface area contributed by atoms with E-state index in [2.05, 4.69) is 10.6 Å². The molecule has 1 aromatic rings. The Morgan fingerprint density at radius 2 is 2.04 bits per heavy atom. The maximum Gasteiger partial charge on any atom is 0.228 e. The summed E-state index contributed by atoms with van der Waals surface area (Å²) in [6, 6.07) is 7.97. The van der Waals surface area contributed by atoms with E-state index in [1.807, 2.05) is 24.3 Å². The molecule has 0 radical (unpaired) electrons. The van der Waals surface area contributed by atoms with Gasteiger partial charge in [-0.25, -0.2) is 0 Å². The summed E-state index contributed by atoms with van der Waals surface area (Å²) in [5.74, 6) is 1.69. The minimum atomic E-state index is -0.413. The number of amides is 1. The van der Waals surface area contributed by atoms with Crippen LogP contribution in [-0.2, 0) is 16.1 Å². The minimum absolute atomic E-state index is 0.0860. The van der Waals surface area contributed by atoms with Crippen molar-refractivity contribution in [2.45, 2.75) is 32.2 Å². The van der Waals surface area contributed by atoms with Crippen molar-refractivity contribution in [3.8, 4) is 5.75 Å². The molecule has 1 aliphatic heterocycles. The molecule has 24 heavy (non-hydrogen) atoms. The molecular formula is C19H28N2O3. The molecule has 0 unspecified atom stereocenters. The van der Waals surface area contributed by atoms with Crippen molar-refractivity contribution in [2.24, 2.45) is 11.3 Å². The molecule has 1 aliphatic carbocycles. The van der Waals surface area contributed by atoms with E-state index in [0.717, 1.165) is 43.9 Å². The zero-order valence-corrected chi connectivity index (χ0v) is 14.5. The monoisotopic (exact) mass is 332 g/mol. The number of carbonyl (C=O) groups excluding carboxylic acids is 1. The van der Waals surface area contributed by atoms with E-state index in [-0.39, 0.29) is 5.91 Å². The number of hydrogen-bond donors (Lipinski definition) is 2. The summed E-state index contributed by atoms with van der Waals surface area (Å²) in [6.07, 6.45) is 4.16. The fourth-order valence-electron chi connectivity index (χ4n) is 3.26. The van der Waals surface area contributed by atoms with Crippen molar-refractivity contribution in [3.63, 3.8) is 0 Å². The molecule has 0 atom stereocenters. The van der Waals surface area contributed by atoms with Gasteiger partial charge in [-0.15, -0.1) is 0 Å². The van der Waals surface area contributed by atoms with Gasteiger partial charge < -0.3 is 20.1 Å². The number of para-hydroxylation sites is 1. The van der Waals surface area contributed by atoms with Gasteiger partial charge in [-0.3, -0.25) is 4.79 Å². The Kier molecular flexibility index (Phi) is 5.74. The van der Waals surface area contributed by atoms with Crippen LogP contribution in [-0.4, -0.2) is 39.3 Å². The van der Waals surface area contributed by atoms with Gasteiger partial charge in [0.05, 0.1) is 18.6 Å². The molecule has 1 amide bonds. The normalized spacial score (nSPS) is 19.7. The second-order valence-electron chi connectivity index (χ2n) is 7.01. The van der Waals surface area contributed by atoms with Crippen LogP contribution in [0.2, 0.25) is 0 Å². The summed E-state index contributed by atoms with van der Waals surface area (Å²) in [4.78, 5) is 12.8. The fourth-order valence-corrected chi connectivity index (χ4v) is 3.26. The number of piperidine rings is 1. The first-order chi connectivity index (χ1) is 11.7. The molecule has 0 aromatic heterocycles. The van der Waals surface area contributed by atoms with Gasteiger partial charge in [-0.1, -0.05) is 18.2 Å². The molecule has 1 saturated carbocycles. The third-order valence-electron chi connectivity index (χ3n) is 5.05. The second kappa shape index (κ2) is 7.99. The maximum absolute atomic E-state index is 12.8. The van der Waals surface area contributed by atoms with Crippen LogP contribution < -0.4 is 15.4 Å². The number of benzene rings is 1. The lowest BCUT2D eigenvalue weighted by Gasteiger charge is -2.35. The van der Waals surface area contributed by atoms with Crippen LogP contribution in [0.3, 0.4) is 0 Å². The summed E-state index contributed by atoms with van der Waals surface area (Å²) in [5, 5.41) is 6.42.